The average Bonchev–Trinajstić information content (AvgIpc) is 2.48. The van der Waals surface area contributed by atoms with E-state index in [2.05, 4.69) is 65.2 Å². The summed E-state index contributed by atoms with van der Waals surface area (Å²) in [5.41, 5.74) is 2.42. The molecule has 1 N–H and O–H groups in total. The highest BCUT2D eigenvalue weighted by molar-refractivity contribution is 5.63. The third-order valence-corrected chi connectivity index (χ3v) is 3.18. The number of nitrogens with one attached hydrogen (secondary N) is 1. The molecule has 0 unspecified atom stereocenters. The summed E-state index contributed by atoms with van der Waals surface area (Å²) in [6, 6.07) is 8.34. The van der Waals surface area contributed by atoms with Crippen molar-refractivity contribution >= 4 is 17.3 Å². The summed E-state index contributed by atoms with van der Waals surface area (Å²) in [5, 5.41) is 3.28. The molecule has 0 fully saturated rings. The van der Waals surface area contributed by atoms with E-state index in [4.69, 9.17) is 0 Å². The number of nitrogens with zero attached hydrogens (tertiary/aromatic N) is 3. The summed E-state index contributed by atoms with van der Waals surface area (Å²) < 4.78 is 0. The van der Waals surface area contributed by atoms with Gasteiger partial charge >= 0.3 is 0 Å². The van der Waals surface area contributed by atoms with Gasteiger partial charge < -0.3 is 10.2 Å². The van der Waals surface area contributed by atoms with E-state index in [0.29, 0.717) is 0 Å². The molecule has 0 bridgehead atoms. The molecule has 0 aliphatic rings. The molecule has 0 spiro atoms. The lowest BCUT2D eigenvalue weighted by Gasteiger charge is -2.24. The van der Waals surface area contributed by atoms with E-state index in [1.165, 1.54) is 11.3 Å². The van der Waals surface area contributed by atoms with Crippen LogP contribution in [-0.2, 0) is 0 Å². The van der Waals surface area contributed by atoms with Crippen LogP contribution < -0.4 is 10.2 Å². The zero-order valence-corrected chi connectivity index (χ0v) is 12.4. The second-order valence-corrected chi connectivity index (χ2v) is 4.72. The molecule has 20 heavy (non-hydrogen) atoms. The van der Waals surface area contributed by atoms with Crippen LogP contribution in [0.3, 0.4) is 0 Å². The predicted octanol–water partition coefficient (Wildman–Crippen LogP) is 3.76. The van der Waals surface area contributed by atoms with Crippen molar-refractivity contribution in [1.29, 1.82) is 0 Å². The number of anilines is 3. The maximum atomic E-state index is 4.65. The summed E-state index contributed by atoms with van der Waals surface area (Å²) in [4.78, 5) is 11.1. The average molecular weight is 270 g/mol. The first kappa shape index (κ1) is 14.3. The van der Waals surface area contributed by atoms with E-state index in [0.717, 1.165) is 31.1 Å². The zero-order valence-electron chi connectivity index (χ0n) is 12.4. The van der Waals surface area contributed by atoms with Gasteiger partial charge in [-0.15, -0.1) is 0 Å². The molecule has 0 amide bonds. The van der Waals surface area contributed by atoms with Crippen molar-refractivity contribution in [2.24, 2.45) is 0 Å². The van der Waals surface area contributed by atoms with Gasteiger partial charge in [-0.3, -0.25) is 4.98 Å². The van der Waals surface area contributed by atoms with Gasteiger partial charge in [0.15, 0.2) is 5.82 Å². The zero-order chi connectivity index (χ0) is 14.4. The van der Waals surface area contributed by atoms with Gasteiger partial charge in [0.05, 0.1) is 12.4 Å². The molecule has 0 aliphatic carbocycles. The molecule has 2 rings (SSSR count). The Bertz CT molecular complexity index is 554. The number of aryl methyl sites for hydroxylation is 1. The Hall–Kier alpha value is -2.10. The fraction of sp³-hybridized carbons (Fsp3) is 0.375. The van der Waals surface area contributed by atoms with Gasteiger partial charge in [-0.1, -0.05) is 25.1 Å². The monoisotopic (exact) mass is 270 g/mol. The molecular formula is C16H22N4. The van der Waals surface area contributed by atoms with Crippen molar-refractivity contribution < 1.29 is 0 Å². The van der Waals surface area contributed by atoms with Crippen molar-refractivity contribution in [2.75, 3.05) is 23.3 Å². The maximum absolute atomic E-state index is 4.65. The highest BCUT2D eigenvalue weighted by Crippen LogP contribution is 2.26. The molecule has 0 saturated carbocycles. The van der Waals surface area contributed by atoms with Crippen LogP contribution >= 0.6 is 0 Å². The third-order valence-electron chi connectivity index (χ3n) is 3.18. The van der Waals surface area contributed by atoms with Crippen LogP contribution in [0.25, 0.3) is 0 Å². The predicted molar refractivity (Wildman–Crippen MR) is 84.7 cm³/mol. The highest BCUT2D eigenvalue weighted by Gasteiger charge is 2.11. The SMILES string of the molecule is CCCNc1cncc(N(CC)c2ccccc2C)n1. The number of aromatic nitrogens is 2. The Kier molecular flexibility index (Phi) is 4.93. The van der Waals surface area contributed by atoms with Crippen LogP contribution in [0.15, 0.2) is 36.7 Å². The molecule has 4 heteroatoms. The van der Waals surface area contributed by atoms with Gasteiger partial charge in [0.1, 0.15) is 5.82 Å². The molecule has 106 valence electrons. The van der Waals surface area contributed by atoms with E-state index in [9.17, 15) is 0 Å². The molecule has 1 heterocycles. The summed E-state index contributed by atoms with van der Waals surface area (Å²) in [7, 11) is 0. The molecule has 0 radical (unpaired) electrons. The largest absolute Gasteiger partial charge is 0.369 e. The fourth-order valence-electron chi connectivity index (χ4n) is 2.15. The molecule has 0 saturated heterocycles. The van der Waals surface area contributed by atoms with E-state index in [1.54, 1.807) is 6.20 Å². The molecule has 0 aliphatic heterocycles. The quantitative estimate of drug-likeness (QED) is 0.867. The lowest BCUT2D eigenvalue weighted by molar-refractivity contribution is 0.943. The van der Waals surface area contributed by atoms with Crippen molar-refractivity contribution in [2.45, 2.75) is 27.2 Å². The van der Waals surface area contributed by atoms with Crippen LogP contribution in [-0.4, -0.2) is 23.1 Å². The summed E-state index contributed by atoms with van der Waals surface area (Å²) in [5.74, 6) is 1.71. The second kappa shape index (κ2) is 6.89. The minimum Gasteiger partial charge on any atom is -0.369 e. The Balaban J connectivity index is 2.30. The van der Waals surface area contributed by atoms with E-state index in [1.807, 2.05) is 6.20 Å². The molecule has 4 nitrogen and oxygen atoms in total. The van der Waals surface area contributed by atoms with Crippen molar-refractivity contribution in [3.8, 4) is 0 Å². The smallest absolute Gasteiger partial charge is 0.153 e. The Morgan fingerprint density at radius 2 is 1.95 bits per heavy atom. The van der Waals surface area contributed by atoms with Crippen molar-refractivity contribution in [1.82, 2.24) is 9.97 Å². The summed E-state index contributed by atoms with van der Waals surface area (Å²) in [6.07, 6.45) is 4.65. The number of benzene rings is 1. The maximum Gasteiger partial charge on any atom is 0.153 e. The first-order valence-electron chi connectivity index (χ1n) is 7.15. The van der Waals surface area contributed by atoms with E-state index in [-0.39, 0.29) is 0 Å². The Labute approximate surface area is 120 Å². The summed E-state index contributed by atoms with van der Waals surface area (Å²) >= 11 is 0. The summed E-state index contributed by atoms with van der Waals surface area (Å²) in [6.45, 7) is 8.15. The van der Waals surface area contributed by atoms with Crippen LogP contribution in [0.5, 0.6) is 0 Å². The minimum absolute atomic E-state index is 0.830. The van der Waals surface area contributed by atoms with Crippen LogP contribution in [0.2, 0.25) is 0 Å². The topological polar surface area (TPSA) is 41.1 Å². The lowest BCUT2D eigenvalue weighted by Crippen LogP contribution is -2.19. The number of hydrogen-bond acceptors (Lipinski definition) is 4. The molecule has 1 aromatic heterocycles. The van der Waals surface area contributed by atoms with Gasteiger partial charge in [-0.25, -0.2) is 4.98 Å². The first-order chi connectivity index (χ1) is 9.76. The van der Waals surface area contributed by atoms with E-state index < -0.39 is 0 Å². The second-order valence-electron chi connectivity index (χ2n) is 4.72. The fourth-order valence-corrected chi connectivity index (χ4v) is 2.15. The molecular weight excluding hydrogens is 248 g/mol. The van der Waals surface area contributed by atoms with Crippen molar-refractivity contribution in [3.05, 3.63) is 42.2 Å². The van der Waals surface area contributed by atoms with Crippen LogP contribution in [0, 0.1) is 6.92 Å². The first-order valence-corrected chi connectivity index (χ1v) is 7.15. The van der Waals surface area contributed by atoms with Crippen LogP contribution in [0.1, 0.15) is 25.8 Å². The minimum atomic E-state index is 0.830. The standard InChI is InChI=1S/C16H22N4/c1-4-10-18-15-11-17-12-16(19-15)20(5-2)14-9-7-6-8-13(14)3/h6-9,11-12H,4-5,10H2,1-3H3,(H,18,19). The van der Waals surface area contributed by atoms with Gasteiger partial charge in [0.25, 0.3) is 0 Å². The number of hydrogen-bond donors (Lipinski definition) is 1. The Morgan fingerprint density at radius 1 is 1.15 bits per heavy atom. The normalized spacial score (nSPS) is 10.3. The van der Waals surface area contributed by atoms with Crippen molar-refractivity contribution in [3.63, 3.8) is 0 Å². The lowest BCUT2D eigenvalue weighted by atomic mass is 10.2. The highest BCUT2D eigenvalue weighted by atomic mass is 15.2. The number of para-hydroxylation sites is 1. The molecule has 0 atom stereocenters. The number of rotatable bonds is 6. The third kappa shape index (κ3) is 3.26. The van der Waals surface area contributed by atoms with Gasteiger partial charge in [-0.2, -0.15) is 0 Å². The Morgan fingerprint density at radius 3 is 2.65 bits per heavy atom. The van der Waals surface area contributed by atoms with Gasteiger partial charge in [0.2, 0.25) is 0 Å². The molecule has 1 aromatic carbocycles. The molecule has 2 aromatic rings. The van der Waals surface area contributed by atoms with Gasteiger partial charge in [-0.05, 0) is 31.9 Å². The van der Waals surface area contributed by atoms with Crippen LogP contribution in [0.4, 0.5) is 17.3 Å². The van der Waals surface area contributed by atoms with E-state index >= 15 is 0 Å². The van der Waals surface area contributed by atoms with Gasteiger partial charge in [0, 0.05) is 18.8 Å².